The van der Waals surface area contributed by atoms with Gasteiger partial charge in [0.15, 0.2) is 5.96 Å². The third kappa shape index (κ3) is 3.75. The molecule has 0 aromatic carbocycles. The van der Waals surface area contributed by atoms with E-state index in [0.29, 0.717) is 0 Å². The molecule has 1 heterocycles. The average molecular weight is 251 g/mol. The summed E-state index contributed by atoms with van der Waals surface area (Å²) in [5, 5.41) is 10.9. The maximum Gasteiger partial charge on any atom is 0.191 e. The van der Waals surface area contributed by atoms with Gasteiger partial charge in [0, 0.05) is 32.4 Å². The van der Waals surface area contributed by atoms with Gasteiger partial charge in [0.25, 0.3) is 0 Å². The Balaban J connectivity index is 2.61. The summed E-state index contributed by atoms with van der Waals surface area (Å²) in [6.07, 6.45) is 0.936. The summed E-state index contributed by atoms with van der Waals surface area (Å²) in [4.78, 5) is 4.55. The van der Waals surface area contributed by atoms with E-state index in [9.17, 15) is 0 Å². The molecule has 5 heteroatoms. The molecule has 1 rings (SSSR count). The maximum absolute atomic E-state index is 4.55. The van der Waals surface area contributed by atoms with E-state index in [4.69, 9.17) is 0 Å². The summed E-state index contributed by atoms with van der Waals surface area (Å²) in [6, 6.07) is 0. The van der Waals surface area contributed by atoms with Crippen molar-refractivity contribution in [3.8, 4) is 0 Å². The third-order valence-corrected chi connectivity index (χ3v) is 2.98. The molecule has 0 bridgehead atoms. The highest BCUT2D eigenvalue weighted by atomic mass is 15.3. The third-order valence-electron chi connectivity index (χ3n) is 2.98. The van der Waals surface area contributed by atoms with Crippen LogP contribution in [-0.2, 0) is 13.5 Å². The van der Waals surface area contributed by atoms with Crippen LogP contribution in [0, 0.1) is 13.8 Å². The van der Waals surface area contributed by atoms with Gasteiger partial charge in [0.2, 0.25) is 0 Å². The van der Waals surface area contributed by atoms with Gasteiger partial charge in [0.1, 0.15) is 0 Å². The van der Waals surface area contributed by atoms with Crippen LogP contribution in [-0.4, -0.2) is 35.4 Å². The summed E-state index contributed by atoms with van der Waals surface area (Å²) < 4.78 is 1.93. The molecular weight excluding hydrogens is 226 g/mol. The fraction of sp³-hybridized carbons (Fsp3) is 0.692. The first kappa shape index (κ1) is 14.5. The lowest BCUT2D eigenvalue weighted by atomic mass is 10.1. The van der Waals surface area contributed by atoms with Gasteiger partial charge in [-0.25, -0.2) is 0 Å². The van der Waals surface area contributed by atoms with Crippen molar-refractivity contribution in [2.45, 2.75) is 34.1 Å². The molecule has 0 fully saturated rings. The summed E-state index contributed by atoms with van der Waals surface area (Å²) in [6.45, 7) is 10.9. The van der Waals surface area contributed by atoms with Crippen molar-refractivity contribution in [3.05, 3.63) is 17.0 Å². The van der Waals surface area contributed by atoms with Gasteiger partial charge in [-0.15, -0.1) is 0 Å². The Morgan fingerprint density at radius 2 is 1.83 bits per heavy atom. The Bertz CT molecular complexity index is 398. The molecule has 1 aromatic heterocycles. The molecule has 0 saturated carbocycles. The highest BCUT2D eigenvalue weighted by molar-refractivity contribution is 5.79. The van der Waals surface area contributed by atoms with Crippen LogP contribution in [0.3, 0.4) is 0 Å². The lowest BCUT2D eigenvalue weighted by molar-refractivity contribution is 0.729. The SMILES string of the molecule is CCNC(=NCCc1c(C)nn(C)c1C)NCC. The Labute approximate surface area is 110 Å². The van der Waals surface area contributed by atoms with Crippen LogP contribution in [0.15, 0.2) is 4.99 Å². The van der Waals surface area contributed by atoms with Gasteiger partial charge < -0.3 is 10.6 Å². The minimum Gasteiger partial charge on any atom is -0.357 e. The first-order chi connectivity index (χ1) is 8.60. The molecule has 0 aliphatic heterocycles. The summed E-state index contributed by atoms with van der Waals surface area (Å²) in [5.74, 6) is 0.888. The van der Waals surface area contributed by atoms with Crippen LogP contribution in [0.4, 0.5) is 0 Å². The number of hydrogen-bond donors (Lipinski definition) is 2. The number of hydrogen-bond acceptors (Lipinski definition) is 2. The van der Waals surface area contributed by atoms with Crippen molar-refractivity contribution in [1.82, 2.24) is 20.4 Å². The molecule has 2 N–H and O–H groups in total. The van der Waals surface area contributed by atoms with Crippen molar-refractivity contribution < 1.29 is 0 Å². The Morgan fingerprint density at radius 3 is 2.28 bits per heavy atom. The minimum atomic E-state index is 0.780. The Kier molecular flexibility index (Phi) is 5.68. The monoisotopic (exact) mass is 251 g/mol. The van der Waals surface area contributed by atoms with E-state index >= 15 is 0 Å². The molecule has 0 saturated heterocycles. The molecule has 0 spiro atoms. The predicted octanol–water partition coefficient (Wildman–Crippen LogP) is 1.15. The number of nitrogens with zero attached hydrogens (tertiary/aromatic N) is 3. The van der Waals surface area contributed by atoms with E-state index in [1.807, 2.05) is 11.7 Å². The lowest BCUT2D eigenvalue weighted by Gasteiger charge is -2.09. The second kappa shape index (κ2) is 7.03. The van der Waals surface area contributed by atoms with Gasteiger partial charge in [-0.1, -0.05) is 0 Å². The van der Waals surface area contributed by atoms with Crippen LogP contribution in [0.25, 0.3) is 0 Å². The summed E-state index contributed by atoms with van der Waals surface area (Å²) >= 11 is 0. The highest BCUT2D eigenvalue weighted by Crippen LogP contribution is 2.12. The first-order valence-electron chi connectivity index (χ1n) is 6.61. The molecule has 0 aliphatic rings. The predicted molar refractivity (Wildman–Crippen MR) is 76.0 cm³/mol. The number of aromatic nitrogens is 2. The zero-order valence-electron chi connectivity index (χ0n) is 12.2. The van der Waals surface area contributed by atoms with Crippen LogP contribution in [0.5, 0.6) is 0 Å². The standard InChI is InChI=1S/C13H25N5/c1-6-14-13(15-7-2)16-9-8-12-10(3)17-18(5)11(12)4/h6-9H2,1-5H3,(H2,14,15,16). The van der Waals surface area contributed by atoms with Gasteiger partial charge in [0.05, 0.1) is 5.69 Å². The number of rotatable bonds is 5. The molecule has 0 atom stereocenters. The van der Waals surface area contributed by atoms with E-state index in [0.717, 1.165) is 37.7 Å². The summed E-state index contributed by atoms with van der Waals surface area (Å²) in [5.41, 5.74) is 3.66. The van der Waals surface area contributed by atoms with Crippen LogP contribution in [0.1, 0.15) is 30.8 Å². The number of guanidine groups is 1. The molecule has 1 aromatic rings. The van der Waals surface area contributed by atoms with Crippen molar-refractivity contribution >= 4 is 5.96 Å². The van der Waals surface area contributed by atoms with Gasteiger partial charge in [-0.2, -0.15) is 5.10 Å². The largest absolute Gasteiger partial charge is 0.357 e. The van der Waals surface area contributed by atoms with Crippen LogP contribution in [0.2, 0.25) is 0 Å². The molecule has 18 heavy (non-hydrogen) atoms. The van der Waals surface area contributed by atoms with Crippen molar-refractivity contribution in [1.29, 1.82) is 0 Å². The number of aliphatic imine (C=N–C) groups is 1. The quantitative estimate of drug-likeness (QED) is 0.610. The molecule has 5 nitrogen and oxygen atoms in total. The maximum atomic E-state index is 4.55. The molecule has 0 unspecified atom stereocenters. The van der Waals surface area contributed by atoms with Gasteiger partial charge >= 0.3 is 0 Å². The molecule has 0 aliphatic carbocycles. The number of nitrogens with one attached hydrogen (secondary N) is 2. The second-order valence-electron chi connectivity index (χ2n) is 4.31. The smallest absolute Gasteiger partial charge is 0.191 e. The molecule has 102 valence electrons. The Hall–Kier alpha value is -1.52. The fourth-order valence-electron chi connectivity index (χ4n) is 1.97. The highest BCUT2D eigenvalue weighted by Gasteiger charge is 2.08. The first-order valence-corrected chi connectivity index (χ1v) is 6.61. The molecular formula is C13H25N5. The normalized spacial score (nSPS) is 10.3. The zero-order chi connectivity index (χ0) is 13.5. The second-order valence-corrected chi connectivity index (χ2v) is 4.31. The Morgan fingerprint density at radius 1 is 1.22 bits per heavy atom. The van der Waals surface area contributed by atoms with E-state index in [1.165, 1.54) is 11.3 Å². The zero-order valence-corrected chi connectivity index (χ0v) is 12.2. The van der Waals surface area contributed by atoms with Crippen molar-refractivity contribution in [2.24, 2.45) is 12.0 Å². The fourth-order valence-corrected chi connectivity index (χ4v) is 1.97. The molecule has 0 radical (unpaired) electrons. The van der Waals surface area contributed by atoms with Crippen LogP contribution >= 0.6 is 0 Å². The average Bonchev–Trinajstić information content (AvgIpc) is 2.56. The van der Waals surface area contributed by atoms with Crippen molar-refractivity contribution in [2.75, 3.05) is 19.6 Å². The minimum absolute atomic E-state index is 0.780. The van der Waals surface area contributed by atoms with Crippen LogP contribution < -0.4 is 10.6 Å². The topological polar surface area (TPSA) is 54.2 Å². The van der Waals surface area contributed by atoms with E-state index in [-0.39, 0.29) is 0 Å². The van der Waals surface area contributed by atoms with E-state index in [1.54, 1.807) is 0 Å². The van der Waals surface area contributed by atoms with Gasteiger partial charge in [-0.05, 0) is 39.7 Å². The lowest BCUT2D eigenvalue weighted by Crippen LogP contribution is -2.37. The van der Waals surface area contributed by atoms with E-state index in [2.05, 4.69) is 48.4 Å². The summed E-state index contributed by atoms with van der Waals surface area (Å²) in [7, 11) is 1.98. The van der Waals surface area contributed by atoms with Gasteiger partial charge in [-0.3, -0.25) is 9.67 Å². The molecule has 0 amide bonds. The van der Waals surface area contributed by atoms with E-state index < -0.39 is 0 Å². The number of aryl methyl sites for hydroxylation is 2. The van der Waals surface area contributed by atoms with Crippen molar-refractivity contribution in [3.63, 3.8) is 0 Å².